The van der Waals surface area contributed by atoms with E-state index in [0.29, 0.717) is 5.92 Å². The highest BCUT2D eigenvalue weighted by Gasteiger charge is 2.34. The number of benzene rings is 1. The number of likely N-dealkylation sites (tertiary alicyclic amines) is 1. The molecule has 2 aliphatic rings. The molecule has 1 amide bonds. The van der Waals surface area contributed by atoms with E-state index in [-0.39, 0.29) is 18.3 Å². The number of carbonyl (C=O) groups excluding carboxylic acids is 1. The first-order chi connectivity index (χ1) is 12.5. The summed E-state index contributed by atoms with van der Waals surface area (Å²) in [7, 11) is 0. The van der Waals surface area contributed by atoms with E-state index in [4.69, 9.17) is 9.47 Å². The van der Waals surface area contributed by atoms with E-state index in [0.717, 1.165) is 38.1 Å². The lowest BCUT2D eigenvalue weighted by Crippen LogP contribution is -2.43. The van der Waals surface area contributed by atoms with Crippen molar-refractivity contribution in [2.45, 2.75) is 52.2 Å². The number of nitrogens with zero attached hydrogens (tertiary/aromatic N) is 1. The van der Waals surface area contributed by atoms with Crippen LogP contribution in [0, 0.1) is 5.92 Å². The molecule has 0 bridgehead atoms. The molecule has 140 valence electrons. The van der Waals surface area contributed by atoms with Crippen LogP contribution in [0.1, 0.15) is 44.7 Å². The Bertz CT molecular complexity index is 699. The number of amides is 1. The van der Waals surface area contributed by atoms with Gasteiger partial charge in [0, 0.05) is 19.5 Å². The minimum absolute atomic E-state index is 0.0688. The lowest BCUT2D eigenvalue weighted by Gasteiger charge is -2.34. The molecule has 2 aliphatic heterocycles. The van der Waals surface area contributed by atoms with Crippen molar-refractivity contribution < 1.29 is 14.3 Å². The Morgan fingerprint density at radius 3 is 2.73 bits per heavy atom. The molecule has 0 N–H and O–H groups in total. The minimum atomic E-state index is -0.191. The Hall–Kier alpha value is -2.23. The van der Waals surface area contributed by atoms with Crippen molar-refractivity contribution in [3.8, 4) is 5.75 Å². The smallest absolute Gasteiger partial charge is 0.410 e. The first kappa shape index (κ1) is 18.6. The zero-order valence-corrected chi connectivity index (χ0v) is 16.0. The van der Waals surface area contributed by atoms with E-state index >= 15 is 0 Å². The Balaban J connectivity index is 1.58. The zero-order valence-electron chi connectivity index (χ0n) is 16.0. The van der Waals surface area contributed by atoms with Gasteiger partial charge >= 0.3 is 6.09 Å². The first-order valence-electron chi connectivity index (χ1n) is 9.52. The third-order valence-electron chi connectivity index (χ3n) is 5.24. The van der Waals surface area contributed by atoms with Crippen molar-refractivity contribution in [3.05, 3.63) is 48.1 Å². The molecular formula is C22H29NO3. The fourth-order valence-corrected chi connectivity index (χ4v) is 3.79. The molecule has 1 aromatic carbocycles. The molecule has 1 atom stereocenters. The molecule has 0 aliphatic carbocycles. The van der Waals surface area contributed by atoms with Crippen molar-refractivity contribution in [3.63, 3.8) is 0 Å². The molecule has 0 radical (unpaired) electrons. The molecule has 0 aromatic heterocycles. The number of piperidine rings is 1. The molecule has 1 aromatic rings. The second-order valence-corrected chi connectivity index (χ2v) is 7.53. The first-order valence-corrected chi connectivity index (χ1v) is 9.52. The minimum Gasteiger partial charge on any atom is -0.490 e. The highest BCUT2D eigenvalue weighted by molar-refractivity contribution is 5.68. The van der Waals surface area contributed by atoms with Gasteiger partial charge in [0.25, 0.3) is 0 Å². The van der Waals surface area contributed by atoms with Gasteiger partial charge < -0.3 is 14.4 Å². The van der Waals surface area contributed by atoms with E-state index in [9.17, 15) is 4.79 Å². The summed E-state index contributed by atoms with van der Waals surface area (Å²) >= 11 is 0. The van der Waals surface area contributed by atoms with Crippen molar-refractivity contribution >= 4 is 11.7 Å². The number of hydrogen-bond acceptors (Lipinski definition) is 3. The van der Waals surface area contributed by atoms with Crippen molar-refractivity contribution in [2.75, 3.05) is 13.1 Å². The SMILES string of the molecule is C=CC=C(C)c1ccc2c(c1)CC(C1CCN(C(=O)OC(C)C)CC1)O2. The number of ether oxygens (including phenoxy) is 2. The van der Waals surface area contributed by atoms with Crippen LogP contribution in [0.15, 0.2) is 36.9 Å². The average Bonchev–Trinajstić information content (AvgIpc) is 3.04. The number of carbonyl (C=O) groups is 1. The second-order valence-electron chi connectivity index (χ2n) is 7.53. The van der Waals surface area contributed by atoms with Crippen LogP contribution in [0.4, 0.5) is 4.79 Å². The third kappa shape index (κ3) is 4.12. The van der Waals surface area contributed by atoms with E-state index in [1.807, 2.05) is 30.9 Å². The highest BCUT2D eigenvalue weighted by atomic mass is 16.6. The van der Waals surface area contributed by atoms with Gasteiger partial charge in [-0.15, -0.1) is 0 Å². The maximum absolute atomic E-state index is 12.0. The fraction of sp³-hybridized carbons (Fsp3) is 0.500. The summed E-state index contributed by atoms with van der Waals surface area (Å²) in [6.45, 7) is 11.1. The van der Waals surface area contributed by atoms with E-state index in [2.05, 4.69) is 31.7 Å². The third-order valence-corrected chi connectivity index (χ3v) is 5.24. The topological polar surface area (TPSA) is 38.8 Å². The standard InChI is InChI=1S/C22H29NO3/c1-5-6-16(4)18-7-8-20-19(13-18)14-21(26-20)17-9-11-23(12-10-17)22(24)25-15(2)3/h5-8,13,15,17,21H,1,9-12,14H2,2-4H3. The molecule has 4 nitrogen and oxygen atoms in total. The largest absolute Gasteiger partial charge is 0.490 e. The van der Waals surface area contributed by atoms with E-state index in [1.54, 1.807) is 0 Å². The Labute approximate surface area is 156 Å². The maximum Gasteiger partial charge on any atom is 0.410 e. The van der Waals surface area contributed by atoms with Gasteiger partial charge in [0.05, 0.1) is 6.10 Å². The van der Waals surface area contributed by atoms with Gasteiger partial charge in [0.1, 0.15) is 11.9 Å². The monoisotopic (exact) mass is 355 g/mol. The molecule has 2 heterocycles. The van der Waals surface area contributed by atoms with Crippen LogP contribution in [0.25, 0.3) is 5.57 Å². The summed E-state index contributed by atoms with van der Waals surface area (Å²) in [5, 5.41) is 0. The molecule has 1 fully saturated rings. The second kappa shape index (κ2) is 7.98. The normalized spacial score (nSPS) is 20.7. The van der Waals surface area contributed by atoms with Crippen LogP contribution in [-0.2, 0) is 11.2 Å². The predicted octanol–water partition coefficient (Wildman–Crippen LogP) is 4.84. The fourth-order valence-electron chi connectivity index (χ4n) is 3.79. The Kier molecular flexibility index (Phi) is 5.70. The van der Waals surface area contributed by atoms with Gasteiger partial charge in [-0.05, 0) is 68.4 Å². The molecule has 1 unspecified atom stereocenters. The molecule has 0 spiro atoms. The Morgan fingerprint density at radius 2 is 2.08 bits per heavy atom. The maximum atomic E-state index is 12.0. The number of hydrogen-bond donors (Lipinski definition) is 0. The van der Waals surface area contributed by atoms with Crippen LogP contribution in [0.2, 0.25) is 0 Å². The van der Waals surface area contributed by atoms with Crippen LogP contribution in [0.3, 0.4) is 0 Å². The van der Waals surface area contributed by atoms with Crippen molar-refractivity contribution in [1.82, 2.24) is 4.90 Å². The van der Waals surface area contributed by atoms with E-state index < -0.39 is 0 Å². The summed E-state index contributed by atoms with van der Waals surface area (Å²) in [5.74, 6) is 1.49. The summed E-state index contributed by atoms with van der Waals surface area (Å²) in [6.07, 6.45) is 6.69. The molecule has 3 rings (SSSR count). The summed E-state index contributed by atoms with van der Waals surface area (Å²) in [6, 6.07) is 6.43. The van der Waals surface area contributed by atoms with Gasteiger partial charge in [-0.3, -0.25) is 0 Å². The van der Waals surface area contributed by atoms with Crippen LogP contribution < -0.4 is 4.74 Å². The summed E-state index contributed by atoms with van der Waals surface area (Å²) < 4.78 is 11.5. The number of rotatable bonds is 4. The van der Waals surface area contributed by atoms with Gasteiger partial charge in [0.2, 0.25) is 0 Å². The summed E-state index contributed by atoms with van der Waals surface area (Å²) in [4.78, 5) is 13.8. The molecule has 1 saturated heterocycles. The number of allylic oxidation sites excluding steroid dienone is 3. The highest BCUT2D eigenvalue weighted by Crippen LogP contribution is 2.36. The molecule has 0 saturated carbocycles. The van der Waals surface area contributed by atoms with Crippen molar-refractivity contribution in [2.24, 2.45) is 5.92 Å². The van der Waals surface area contributed by atoms with Gasteiger partial charge in [-0.25, -0.2) is 4.79 Å². The Morgan fingerprint density at radius 1 is 1.35 bits per heavy atom. The molecular weight excluding hydrogens is 326 g/mol. The van der Waals surface area contributed by atoms with Gasteiger partial charge in [0.15, 0.2) is 0 Å². The average molecular weight is 355 g/mol. The lowest BCUT2D eigenvalue weighted by atomic mass is 9.89. The quantitative estimate of drug-likeness (QED) is 0.726. The van der Waals surface area contributed by atoms with E-state index in [1.165, 1.54) is 16.7 Å². The molecule has 26 heavy (non-hydrogen) atoms. The van der Waals surface area contributed by atoms with Gasteiger partial charge in [-0.2, -0.15) is 0 Å². The van der Waals surface area contributed by atoms with Crippen LogP contribution in [0.5, 0.6) is 5.75 Å². The van der Waals surface area contributed by atoms with Gasteiger partial charge in [-0.1, -0.05) is 24.8 Å². The predicted molar refractivity (Wildman–Crippen MR) is 104 cm³/mol. The zero-order chi connectivity index (χ0) is 18.7. The van der Waals surface area contributed by atoms with Crippen LogP contribution in [-0.4, -0.2) is 36.3 Å². The number of fused-ring (bicyclic) bond motifs is 1. The van der Waals surface area contributed by atoms with Crippen molar-refractivity contribution in [1.29, 1.82) is 0 Å². The summed E-state index contributed by atoms with van der Waals surface area (Å²) in [5.41, 5.74) is 3.72. The van der Waals surface area contributed by atoms with Crippen LogP contribution >= 0.6 is 0 Å². The molecule has 4 heteroatoms. The lowest BCUT2D eigenvalue weighted by molar-refractivity contribution is 0.0503.